The molecule has 0 unspecified atom stereocenters. The first-order valence-electron chi connectivity index (χ1n) is 6.66. The molecule has 2 aromatic rings. The Balaban J connectivity index is 1.83. The molecule has 0 saturated heterocycles. The maximum Gasteiger partial charge on any atom is 0.277 e. The second kappa shape index (κ2) is 8.19. The Kier molecular flexibility index (Phi) is 5.99. The van der Waals surface area contributed by atoms with Crippen LogP contribution in [0.1, 0.15) is 5.56 Å². The molecule has 0 heterocycles. The molecule has 2 rings (SSSR count). The summed E-state index contributed by atoms with van der Waals surface area (Å²) in [4.78, 5) is 11.6. The largest absolute Gasteiger partial charge is 0.504 e. The van der Waals surface area contributed by atoms with Crippen molar-refractivity contribution in [2.24, 2.45) is 5.10 Å². The SMILES string of the molecule is COc1ccc(/C=N\NC(=O)COc2cccc(Br)c2)cc1O. The summed E-state index contributed by atoms with van der Waals surface area (Å²) in [6.45, 7) is -0.151. The van der Waals surface area contributed by atoms with Crippen molar-refractivity contribution in [1.29, 1.82) is 0 Å². The van der Waals surface area contributed by atoms with Crippen molar-refractivity contribution < 1.29 is 19.4 Å². The van der Waals surface area contributed by atoms with Gasteiger partial charge >= 0.3 is 0 Å². The lowest BCUT2D eigenvalue weighted by atomic mass is 10.2. The number of hydrogen-bond acceptors (Lipinski definition) is 5. The molecule has 0 radical (unpaired) electrons. The fourth-order valence-electron chi connectivity index (χ4n) is 1.70. The maximum absolute atomic E-state index is 11.6. The summed E-state index contributed by atoms with van der Waals surface area (Å²) in [7, 11) is 1.47. The molecule has 6 nitrogen and oxygen atoms in total. The molecular weight excluding hydrogens is 364 g/mol. The first kappa shape index (κ1) is 16.8. The van der Waals surface area contributed by atoms with Crippen molar-refractivity contribution in [2.75, 3.05) is 13.7 Å². The number of carbonyl (C=O) groups excluding carboxylic acids is 1. The van der Waals surface area contributed by atoms with E-state index < -0.39 is 0 Å². The average Bonchev–Trinajstić information content (AvgIpc) is 2.53. The van der Waals surface area contributed by atoms with Gasteiger partial charge in [-0.25, -0.2) is 5.43 Å². The fourth-order valence-corrected chi connectivity index (χ4v) is 2.08. The van der Waals surface area contributed by atoms with E-state index in [-0.39, 0.29) is 18.3 Å². The van der Waals surface area contributed by atoms with Gasteiger partial charge in [0, 0.05) is 4.47 Å². The van der Waals surface area contributed by atoms with Crippen LogP contribution in [-0.2, 0) is 4.79 Å². The molecule has 0 aromatic heterocycles. The molecule has 0 bridgehead atoms. The van der Waals surface area contributed by atoms with Crippen LogP contribution >= 0.6 is 15.9 Å². The third-order valence-corrected chi connectivity index (χ3v) is 3.27. The molecule has 2 N–H and O–H groups in total. The van der Waals surface area contributed by atoms with Crippen LogP contribution in [0.3, 0.4) is 0 Å². The first-order valence-corrected chi connectivity index (χ1v) is 7.45. The Morgan fingerprint density at radius 1 is 1.35 bits per heavy atom. The number of rotatable bonds is 6. The van der Waals surface area contributed by atoms with Gasteiger partial charge in [-0.2, -0.15) is 5.10 Å². The highest BCUT2D eigenvalue weighted by Crippen LogP contribution is 2.25. The molecule has 23 heavy (non-hydrogen) atoms. The highest BCUT2D eigenvalue weighted by Gasteiger charge is 2.03. The van der Waals surface area contributed by atoms with E-state index in [4.69, 9.17) is 9.47 Å². The average molecular weight is 379 g/mol. The highest BCUT2D eigenvalue weighted by atomic mass is 79.9. The van der Waals surface area contributed by atoms with Gasteiger partial charge in [0.15, 0.2) is 18.1 Å². The molecule has 0 aliphatic carbocycles. The van der Waals surface area contributed by atoms with Crippen molar-refractivity contribution in [3.8, 4) is 17.2 Å². The van der Waals surface area contributed by atoms with Crippen molar-refractivity contribution >= 4 is 28.1 Å². The number of ether oxygens (including phenoxy) is 2. The number of nitrogens with one attached hydrogen (secondary N) is 1. The van der Waals surface area contributed by atoms with Crippen LogP contribution in [0.25, 0.3) is 0 Å². The quantitative estimate of drug-likeness (QED) is 0.598. The van der Waals surface area contributed by atoms with Crippen LogP contribution < -0.4 is 14.9 Å². The Morgan fingerprint density at radius 3 is 2.87 bits per heavy atom. The van der Waals surface area contributed by atoms with Gasteiger partial charge < -0.3 is 14.6 Å². The van der Waals surface area contributed by atoms with Crippen LogP contribution in [-0.4, -0.2) is 30.9 Å². The van der Waals surface area contributed by atoms with Crippen LogP contribution in [0.5, 0.6) is 17.2 Å². The molecule has 2 aromatic carbocycles. The topological polar surface area (TPSA) is 80.2 Å². The van der Waals surface area contributed by atoms with E-state index in [1.54, 1.807) is 24.3 Å². The summed E-state index contributed by atoms with van der Waals surface area (Å²) in [6.07, 6.45) is 1.41. The number of carbonyl (C=O) groups is 1. The van der Waals surface area contributed by atoms with Crippen LogP contribution in [0.4, 0.5) is 0 Å². The summed E-state index contributed by atoms with van der Waals surface area (Å²) in [5.74, 6) is 0.562. The number of aromatic hydroxyl groups is 1. The summed E-state index contributed by atoms with van der Waals surface area (Å²) in [6, 6.07) is 12.0. The Morgan fingerprint density at radius 2 is 2.17 bits per heavy atom. The van der Waals surface area contributed by atoms with E-state index in [2.05, 4.69) is 26.5 Å². The third-order valence-electron chi connectivity index (χ3n) is 2.77. The van der Waals surface area contributed by atoms with Crippen molar-refractivity contribution in [2.45, 2.75) is 0 Å². The van der Waals surface area contributed by atoms with E-state index in [0.29, 0.717) is 17.1 Å². The van der Waals surface area contributed by atoms with Gasteiger partial charge in [0.05, 0.1) is 13.3 Å². The zero-order valence-electron chi connectivity index (χ0n) is 12.3. The van der Waals surface area contributed by atoms with Crippen molar-refractivity contribution in [3.63, 3.8) is 0 Å². The lowest BCUT2D eigenvalue weighted by Gasteiger charge is -2.05. The number of benzene rings is 2. The molecular formula is C16H15BrN2O4. The molecule has 0 saturated carbocycles. The molecule has 0 aliphatic rings. The van der Waals surface area contributed by atoms with Gasteiger partial charge in [0.1, 0.15) is 5.75 Å². The second-order valence-corrected chi connectivity index (χ2v) is 5.39. The second-order valence-electron chi connectivity index (χ2n) is 4.47. The smallest absolute Gasteiger partial charge is 0.277 e. The highest BCUT2D eigenvalue weighted by molar-refractivity contribution is 9.10. The minimum atomic E-state index is -0.390. The van der Waals surface area contributed by atoms with Gasteiger partial charge in [-0.15, -0.1) is 0 Å². The Bertz CT molecular complexity index is 719. The third kappa shape index (κ3) is 5.30. The summed E-state index contributed by atoms with van der Waals surface area (Å²) in [5.41, 5.74) is 2.97. The van der Waals surface area contributed by atoms with E-state index in [1.165, 1.54) is 19.4 Å². The molecule has 7 heteroatoms. The molecule has 0 aliphatic heterocycles. The van der Waals surface area contributed by atoms with E-state index in [1.807, 2.05) is 12.1 Å². The molecule has 0 spiro atoms. The predicted molar refractivity (Wildman–Crippen MR) is 90.0 cm³/mol. The zero-order chi connectivity index (χ0) is 16.7. The molecule has 0 fully saturated rings. The van der Waals surface area contributed by atoms with E-state index in [0.717, 1.165) is 4.47 Å². The van der Waals surface area contributed by atoms with Crippen molar-refractivity contribution in [1.82, 2.24) is 5.43 Å². The zero-order valence-corrected chi connectivity index (χ0v) is 13.9. The van der Waals surface area contributed by atoms with Gasteiger partial charge in [-0.05, 0) is 42.0 Å². The van der Waals surface area contributed by atoms with E-state index >= 15 is 0 Å². The number of methoxy groups -OCH3 is 1. The van der Waals surface area contributed by atoms with Gasteiger partial charge in [0.25, 0.3) is 5.91 Å². The lowest BCUT2D eigenvalue weighted by molar-refractivity contribution is -0.123. The number of halogens is 1. The Labute approximate surface area is 141 Å². The van der Waals surface area contributed by atoms with E-state index in [9.17, 15) is 9.90 Å². The minimum Gasteiger partial charge on any atom is -0.504 e. The number of amides is 1. The molecule has 1 amide bonds. The van der Waals surface area contributed by atoms with Crippen LogP contribution in [0.2, 0.25) is 0 Å². The number of hydrazone groups is 1. The molecule has 120 valence electrons. The van der Waals surface area contributed by atoms with Gasteiger partial charge in [0.2, 0.25) is 0 Å². The Hall–Kier alpha value is -2.54. The maximum atomic E-state index is 11.6. The summed E-state index contributed by atoms with van der Waals surface area (Å²) in [5, 5.41) is 13.4. The van der Waals surface area contributed by atoms with Gasteiger partial charge in [-0.3, -0.25) is 4.79 Å². The summed E-state index contributed by atoms with van der Waals surface area (Å²) >= 11 is 3.32. The first-order chi connectivity index (χ1) is 11.1. The number of nitrogens with zero attached hydrogens (tertiary/aromatic N) is 1. The van der Waals surface area contributed by atoms with Crippen LogP contribution in [0, 0.1) is 0 Å². The fraction of sp³-hybridized carbons (Fsp3) is 0.125. The number of phenolic OH excluding ortho intramolecular Hbond substituents is 1. The standard InChI is InChI=1S/C16H15BrN2O4/c1-22-15-6-5-11(7-14(15)20)9-18-19-16(21)10-23-13-4-2-3-12(17)8-13/h2-9,20H,10H2,1H3,(H,19,21)/b18-9-. The number of phenols is 1. The lowest BCUT2D eigenvalue weighted by Crippen LogP contribution is -2.24. The number of hydrogen-bond donors (Lipinski definition) is 2. The van der Waals surface area contributed by atoms with Crippen molar-refractivity contribution in [3.05, 3.63) is 52.5 Å². The minimum absolute atomic E-state index is 0.000708. The van der Waals surface area contributed by atoms with Crippen LogP contribution in [0.15, 0.2) is 52.0 Å². The predicted octanol–water partition coefficient (Wildman–Crippen LogP) is 2.69. The summed E-state index contributed by atoms with van der Waals surface area (Å²) < 4.78 is 11.1. The monoisotopic (exact) mass is 378 g/mol. The van der Waals surface area contributed by atoms with Gasteiger partial charge in [-0.1, -0.05) is 22.0 Å². The normalized spacial score (nSPS) is 10.5. The molecule has 0 atom stereocenters.